The van der Waals surface area contributed by atoms with Crippen LogP contribution in [0.4, 0.5) is 5.69 Å². The van der Waals surface area contributed by atoms with Crippen LogP contribution in [0.5, 0.6) is 0 Å². The summed E-state index contributed by atoms with van der Waals surface area (Å²) in [4.78, 5) is 21.5. The van der Waals surface area contributed by atoms with Crippen molar-refractivity contribution in [3.63, 3.8) is 0 Å². The van der Waals surface area contributed by atoms with E-state index in [2.05, 4.69) is 26.0 Å². The van der Waals surface area contributed by atoms with E-state index in [1.54, 1.807) is 6.07 Å². The average Bonchev–Trinajstić information content (AvgIpc) is 2.21. The van der Waals surface area contributed by atoms with Gasteiger partial charge in [-0.15, -0.1) is 0 Å². The molecule has 1 aromatic rings. The molecular weight excluding hydrogens is 290 g/mol. The summed E-state index contributed by atoms with van der Waals surface area (Å²) in [5.41, 5.74) is 1.69. The summed E-state index contributed by atoms with van der Waals surface area (Å²) in [5.74, 6) is -1.50. The lowest BCUT2D eigenvalue weighted by atomic mass is 10.2. The number of hydrogen-bond acceptors (Lipinski definition) is 3. The Bertz CT molecular complexity index is 433. The van der Waals surface area contributed by atoms with E-state index in [4.69, 9.17) is 5.11 Å². The van der Waals surface area contributed by atoms with Crippen LogP contribution in [0.15, 0.2) is 22.7 Å². The van der Waals surface area contributed by atoms with Crippen LogP contribution in [0.2, 0.25) is 0 Å². The lowest BCUT2D eigenvalue weighted by Gasteiger charge is -2.07. The molecule has 0 aliphatic rings. The van der Waals surface area contributed by atoms with Crippen molar-refractivity contribution in [2.45, 2.75) is 6.92 Å². The van der Waals surface area contributed by atoms with Crippen molar-refractivity contribution in [3.05, 3.63) is 28.2 Å². The first kappa shape index (κ1) is 13.7. The number of aliphatic carboxylic acids is 1. The zero-order valence-electron chi connectivity index (χ0n) is 9.20. The fraction of sp³-hybridized carbons (Fsp3) is 0.273. The normalized spacial score (nSPS) is 10.0. The van der Waals surface area contributed by atoms with Crippen LogP contribution in [0.25, 0.3) is 0 Å². The standard InChI is InChI=1S/C11H12BrNO4/c1-7-2-3-9(8(12)4-7)13-10(14)5-17-6-11(15)16/h2-4H,5-6H2,1H3,(H,13,14)(H,15,16). The fourth-order valence-corrected chi connectivity index (χ4v) is 1.73. The van der Waals surface area contributed by atoms with Gasteiger partial charge in [0.25, 0.3) is 0 Å². The number of carbonyl (C=O) groups excluding carboxylic acids is 1. The number of carboxylic acids is 1. The van der Waals surface area contributed by atoms with E-state index in [0.29, 0.717) is 5.69 Å². The number of anilines is 1. The molecule has 0 spiro atoms. The summed E-state index contributed by atoms with van der Waals surface area (Å²) in [6.45, 7) is 1.17. The van der Waals surface area contributed by atoms with Gasteiger partial charge < -0.3 is 15.2 Å². The number of nitrogens with one attached hydrogen (secondary N) is 1. The number of halogens is 1. The maximum absolute atomic E-state index is 11.4. The molecule has 0 aliphatic heterocycles. The molecule has 2 N–H and O–H groups in total. The lowest BCUT2D eigenvalue weighted by Crippen LogP contribution is -2.20. The molecule has 0 atom stereocenters. The minimum atomic E-state index is -1.10. The van der Waals surface area contributed by atoms with Gasteiger partial charge in [0.05, 0.1) is 5.69 Å². The Labute approximate surface area is 107 Å². The van der Waals surface area contributed by atoms with Crippen LogP contribution in [-0.4, -0.2) is 30.2 Å². The summed E-state index contributed by atoms with van der Waals surface area (Å²) in [6.07, 6.45) is 0. The SMILES string of the molecule is Cc1ccc(NC(=O)COCC(=O)O)c(Br)c1. The molecule has 1 rings (SSSR count). The monoisotopic (exact) mass is 301 g/mol. The van der Waals surface area contributed by atoms with E-state index < -0.39 is 18.5 Å². The summed E-state index contributed by atoms with van der Waals surface area (Å²) in [6, 6.07) is 5.49. The van der Waals surface area contributed by atoms with E-state index in [0.717, 1.165) is 10.0 Å². The minimum absolute atomic E-state index is 0.285. The second-order valence-corrected chi connectivity index (χ2v) is 4.27. The number of aryl methyl sites for hydroxylation is 1. The summed E-state index contributed by atoms with van der Waals surface area (Å²) < 4.78 is 5.43. The van der Waals surface area contributed by atoms with E-state index >= 15 is 0 Å². The highest BCUT2D eigenvalue weighted by atomic mass is 79.9. The number of carboxylic acid groups (broad SMARTS) is 1. The number of hydrogen-bond donors (Lipinski definition) is 2. The first-order valence-electron chi connectivity index (χ1n) is 4.84. The quantitative estimate of drug-likeness (QED) is 0.869. The van der Waals surface area contributed by atoms with Gasteiger partial charge in [0.15, 0.2) is 0 Å². The van der Waals surface area contributed by atoms with Crippen molar-refractivity contribution < 1.29 is 19.4 Å². The second kappa shape index (κ2) is 6.36. The van der Waals surface area contributed by atoms with Gasteiger partial charge in [-0.1, -0.05) is 6.07 Å². The number of benzene rings is 1. The summed E-state index contributed by atoms with van der Waals surface area (Å²) in [7, 11) is 0. The third kappa shape index (κ3) is 4.97. The predicted molar refractivity (Wildman–Crippen MR) is 66.0 cm³/mol. The van der Waals surface area contributed by atoms with Crippen molar-refractivity contribution in [3.8, 4) is 0 Å². The van der Waals surface area contributed by atoms with Gasteiger partial charge in [-0.05, 0) is 40.5 Å². The molecule has 17 heavy (non-hydrogen) atoms. The third-order valence-corrected chi connectivity index (χ3v) is 2.51. The number of amides is 1. The zero-order chi connectivity index (χ0) is 12.8. The van der Waals surface area contributed by atoms with Gasteiger partial charge in [-0.2, -0.15) is 0 Å². The summed E-state index contributed by atoms with van der Waals surface area (Å²) >= 11 is 3.32. The van der Waals surface area contributed by atoms with Crippen molar-refractivity contribution >= 4 is 33.5 Å². The van der Waals surface area contributed by atoms with Crippen LogP contribution >= 0.6 is 15.9 Å². The first-order chi connectivity index (χ1) is 7.99. The molecule has 1 amide bonds. The molecule has 6 heteroatoms. The van der Waals surface area contributed by atoms with Crippen LogP contribution in [0.3, 0.4) is 0 Å². The molecule has 0 unspecified atom stereocenters. The van der Waals surface area contributed by atoms with Crippen molar-refractivity contribution in [1.82, 2.24) is 0 Å². The van der Waals surface area contributed by atoms with Gasteiger partial charge >= 0.3 is 5.97 Å². The van der Waals surface area contributed by atoms with Gasteiger partial charge in [0.1, 0.15) is 13.2 Å². The fourth-order valence-electron chi connectivity index (χ4n) is 1.14. The average molecular weight is 302 g/mol. The Kier molecular flexibility index (Phi) is 5.11. The Hall–Kier alpha value is -1.40. The second-order valence-electron chi connectivity index (χ2n) is 3.42. The summed E-state index contributed by atoms with van der Waals surface area (Å²) in [5, 5.41) is 10.9. The molecule has 92 valence electrons. The molecule has 0 fully saturated rings. The molecule has 0 aromatic heterocycles. The highest BCUT2D eigenvalue weighted by Crippen LogP contribution is 2.23. The Morgan fingerprint density at radius 1 is 1.41 bits per heavy atom. The first-order valence-corrected chi connectivity index (χ1v) is 5.64. The van der Waals surface area contributed by atoms with Crippen LogP contribution in [0, 0.1) is 6.92 Å². The Balaban J connectivity index is 2.48. The minimum Gasteiger partial charge on any atom is -0.480 e. The number of ether oxygens (including phenoxy) is 1. The van der Waals surface area contributed by atoms with E-state index in [1.807, 2.05) is 19.1 Å². The number of rotatable bonds is 5. The van der Waals surface area contributed by atoms with Crippen LogP contribution < -0.4 is 5.32 Å². The molecule has 0 aliphatic carbocycles. The Morgan fingerprint density at radius 3 is 2.71 bits per heavy atom. The highest BCUT2D eigenvalue weighted by Gasteiger charge is 2.06. The van der Waals surface area contributed by atoms with Gasteiger partial charge in [0.2, 0.25) is 5.91 Å². The van der Waals surface area contributed by atoms with Crippen LogP contribution in [-0.2, 0) is 14.3 Å². The van der Waals surface area contributed by atoms with E-state index in [9.17, 15) is 9.59 Å². The van der Waals surface area contributed by atoms with Crippen LogP contribution in [0.1, 0.15) is 5.56 Å². The van der Waals surface area contributed by atoms with Gasteiger partial charge in [-0.25, -0.2) is 4.79 Å². The largest absolute Gasteiger partial charge is 0.480 e. The van der Waals surface area contributed by atoms with E-state index in [1.165, 1.54) is 0 Å². The predicted octanol–water partition coefficient (Wildman–Crippen LogP) is 1.80. The van der Waals surface area contributed by atoms with Crippen molar-refractivity contribution in [1.29, 1.82) is 0 Å². The molecule has 1 aromatic carbocycles. The van der Waals surface area contributed by atoms with Crippen molar-refractivity contribution in [2.24, 2.45) is 0 Å². The molecule has 0 heterocycles. The smallest absolute Gasteiger partial charge is 0.329 e. The third-order valence-electron chi connectivity index (χ3n) is 1.86. The van der Waals surface area contributed by atoms with Gasteiger partial charge in [0, 0.05) is 4.47 Å². The topological polar surface area (TPSA) is 75.6 Å². The maximum Gasteiger partial charge on any atom is 0.329 e. The number of carbonyl (C=O) groups is 2. The lowest BCUT2D eigenvalue weighted by molar-refractivity contribution is -0.143. The molecule has 0 saturated heterocycles. The maximum atomic E-state index is 11.4. The molecule has 0 bridgehead atoms. The van der Waals surface area contributed by atoms with Gasteiger partial charge in [-0.3, -0.25) is 4.79 Å². The zero-order valence-corrected chi connectivity index (χ0v) is 10.8. The molecule has 0 radical (unpaired) electrons. The molecule has 0 saturated carbocycles. The highest BCUT2D eigenvalue weighted by molar-refractivity contribution is 9.10. The molecular formula is C11H12BrNO4. The Morgan fingerprint density at radius 2 is 2.12 bits per heavy atom. The van der Waals surface area contributed by atoms with E-state index in [-0.39, 0.29) is 6.61 Å². The molecule has 5 nitrogen and oxygen atoms in total. The van der Waals surface area contributed by atoms with Crippen molar-refractivity contribution in [2.75, 3.05) is 18.5 Å².